The van der Waals surface area contributed by atoms with Gasteiger partial charge in [0.05, 0.1) is 0 Å². The van der Waals surface area contributed by atoms with E-state index in [0.29, 0.717) is 0 Å². The summed E-state index contributed by atoms with van der Waals surface area (Å²) in [6.45, 7) is -0.511. The minimum absolute atomic E-state index is 0.511. The van der Waals surface area contributed by atoms with Crippen molar-refractivity contribution < 1.29 is 4.52 Å². The molecule has 0 N–H and O–H groups in total. The predicted octanol–water partition coefficient (Wildman–Crippen LogP) is 60.7. The van der Waals surface area contributed by atoms with Gasteiger partial charge in [-0.3, -0.25) is 0 Å². The Morgan fingerprint density at radius 2 is 0.288 bits per heavy atom. The first-order valence-electron chi connectivity index (χ1n) is 14.6. The van der Waals surface area contributed by atoms with Crippen LogP contribution >= 0.6 is 538 Å². The molecular formula is CH5OP71. The van der Waals surface area contributed by atoms with Crippen molar-refractivity contribution in [2.75, 3.05) is 7.11 Å². The van der Waals surface area contributed by atoms with Crippen LogP contribution in [0, 0.1) is 0 Å². The second-order valence-electron chi connectivity index (χ2n) is 6.54. The first-order chi connectivity index (χ1) is 36.3. The van der Waals surface area contributed by atoms with Crippen molar-refractivity contribution >= 4 is 538 Å². The van der Waals surface area contributed by atoms with Crippen molar-refractivity contribution in [3.63, 3.8) is 0 Å². The molecule has 2 atom stereocenters. The average Bonchev–Trinajstić information content (AvgIpc) is 3.40. The minimum atomic E-state index is -0.511. The summed E-state index contributed by atoms with van der Waals surface area (Å²) in [5.74, 6) is 0. The van der Waals surface area contributed by atoms with Gasteiger partial charge in [0.1, 0.15) is 0 Å². The van der Waals surface area contributed by atoms with Crippen LogP contribution < -0.4 is 0 Å². The van der Waals surface area contributed by atoms with Gasteiger partial charge in [0, 0.05) is 363 Å². The van der Waals surface area contributed by atoms with Crippen LogP contribution in [0.15, 0.2) is 0 Å². The summed E-state index contributed by atoms with van der Waals surface area (Å²) in [6.07, 6.45) is 0. The summed E-state index contributed by atoms with van der Waals surface area (Å²) in [7, 11) is 117. The van der Waals surface area contributed by atoms with Crippen molar-refractivity contribution in [3.8, 4) is 0 Å². The zero-order valence-corrected chi connectivity index (χ0v) is 97.1. The van der Waals surface area contributed by atoms with E-state index < -0.39 is 6.94 Å². The van der Waals surface area contributed by atoms with Crippen molar-refractivity contribution in [3.05, 3.63) is 0 Å². The monoisotopic (exact) mass is 2230 g/mol. The molecule has 0 spiro atoms. The molecule has 0 aromatic heterocycles. The quantitative estimate of drug-likeness (QED) is 0.0595. The zero-order valence-electron chi connectivity index (χ0n) is 33.3. The summed E-state index contributed by atoms with van der Waals surface area (Å²) in [6, 6.07) is 0. The Bertz CT molecular complexity index is 2580. The molecule has 0 radical (unpaired) electrons. The number of hydrogen-bond acceptors (Lipinski definition) is 1. The van der Waals surface area contributed by atoms with Crippen LogP contribution in [-0.4, -0.2) is 7.11 Å². The fourth-order valence-corrected chi connectivity index (χ4v) is 295. The minimum Gasteiger partial charge on any atom is -0.0774 e. The molecule has 370 valence electrons. The molecule has 72 heteroatoms. The third-order valence-electron chi connectivity index (χ3n) is 2.93. The van der Waals surface area contributed by atoms with Gasteiger partial charge in [-0.05, 0) is 68.0 Å². The summed E-state index contributed by atoms with van der Waals surface area (Å²) in [4.78, 5) is 0. The average molecular weight is 2230 g/mol. The molecule has 0 bridgehead atoms. The van der Waals surface area contributed by atoms with Crippen LogP contribution in [0.5, 0.6) is 0 Å². The van der Waals surface area contributed by atoms with Crippen molar-refractivity contribution in [1.29, 1.82) is 0 Å². The topological polar surface area (TPSA) is 9.23 Å². The van der Waals surface area contributed by atoms with E-state index in [-0.39, 0.29) is 0 Å². The molecule has 0 rings (SSSR count). The van der Waals surface area contributed by atoms with Gasteiger partial charge in [-0.15, -0.1) is 0 Å². The Kier molecular flexibility index (Phi) is 119. The predicted molar refractivity (Wildman–Crippen MR) is 501 cm³/mol. The van der Waals surface area contributed by atoms with Gasteiger partial charge >= 0.3 is 110 Å². The van der Waals surface area contributed by atoms with Crippen molar-refractivity contribution in [1.82, 2.24) is 0 Å². The number of rotatable bonds is 33. The van der Waals surface area contributed by atoms with Gasteiger partial charge in [0.25, 0.3) is 0 Å². The molecule has 0 aliphatic carbocycles. The fourth-order valence-electron chi connectivity index (χ4n) is 1.26. The zero-order chi connectivity index (χ0) is 52.4. The van der Waals surface area contributed by atoms with Crippen LogP contribution in [0.3, 0.4) is 0 Å². The SMILES string of the molecule is COP(#P)P=PP=PP=PP=PP=PP=PP=PP=PP=PP=PP=PP=PP=PP=PP=PP=PP=PP=PP=PP=PP=PP=PP=PP=PP=PP=PP=PP=PP=PP=PP=PP=PP=PP=PP. The van der Waals surface area contributed by atoms with E-state index >= 15 is 0 Å². The van der Waals surface area contributed by atoms with Gasteiger partial charge in [-0.25, -0.2) is 0 Å². The van der Waals surface area contributed by atoms with E-state index in [4.69, 9.17) is 4.52 Å². The molecule has 0 saturated heterocycles. The number of hydrogen-bond donors (Lipinski definition) is 0. The van der Waals surface area contributed by atoms with Gasteiger partial charge in [0.15, 0.2) is 0 Å². The van der Waals surface area contributed by atoms with E-state index in [1.165, 1.54) is 45.3 Å². The van der Waals surface area contributed by atoms with Gasteiger partial charge in [-0.1, -0.05) is 8.93 Å². The normalized spacial score (nSPS) is 15.7. The van der Waals surface area contributed by atoms with E-state index in [0.717, 1.165) is 0 Å². The Labute approximate surface area is 540 Å². The first kappa shape index (κ1) is 94.5. The standard InChI is InChI=1S/CH5OP71/c1-2-73(4)72-71-70-69-68-67-66-65-64-63-62-61-60-59-58-57-56-55-54-53-52-51-50-49-48-47-46-45-44-43-42-41-40-39-38-37-36-35-34-33-32-31-30-29-28-27-26-25-24-23-22-21-20-19-18-17-16-15-14-13-12-11-10-9-8-7-6-5-3/h3H2,1H3. The molecule has 0 aromatic rings. The van der Waals surface area contributed by atoms with Crippen LogP contribution in [0.25, 0.3) is 0 Å². The van der Waals surface area contributed by atoms with Crippen LogP contribution in [0.1, 0.15) is 0 Å². The fraction of sp³-hybridized carbons (Fsp3) is 1.00. The second-order valence-corrected chi connectivity index (χ2v) is 169. The van der Waals surface area contributed by atoms with Crippen LogP contribution in [0.2, 0.25) is 0 Å². The molecule has 0 aliphatic heterocycles. The van der Waals surface area contributed by atoms with Crippen LogP contribution in [-0.2, 0) is 4.52 Å². The summed E-state index contributed by atoms with van der Waals surface area (Å²) >= 11 is 0. The Morgan fingerprint density at radius 3 is 0.384 bits per heavy atom. The van der Waals surface area contributed by atoms with Crippen LogP contribution in [0.4, 0.5) is 0 Å². The maximum atomic E-state index is 5.23. The maximum absolute atomic E-state index is 5.23. The molecule has 0 amide bonds. The van der Waals surface area contributed by atoms with Crippen molar-refractivity contribution in [2.24, 2.45) is 0 Å². The molecule has 0 aliphatic rings. The third kappa shape index (κ3) is 91.5. The third-order valence-corrected chi connectivity index (χ3v) is 224. The molecule has 0 aromatic carbocycles. The van der Waals surface area contributed by atoms with Gasteiger partial charge < -0.3 is 0 Å². The smallest absolute Gasteiger partial charge is 0.0774 e. The Morgan fingerprint density at radius 1 is 0.192 bits per heavy atom. The van der Waals surface area contributed by atoms with Gasteiger partial charge in [-0.2, -0.15) is 0 Å². The Balaban J connectivity index is 4.10. The van der Waals surface area contributed by atoms with E-state index in [1.807, 2.05) is 0 Å². The molecular weight excluding hydrogens is 2230 g/mol. The Hall–Kier alpha value is 21.5. The first-order valence-corrected chi connectivity index (χ1v) is 127. The molecule has 0 heterocycles. The summed E-state index contributed by atoms with van der Waals surface area (Å²) in [5, 5.41) is 0. The summed E-state index contributed by atoms with van der Waals surface area (Å²) in [5.41, 5.74) is 0. The van der Waals surface area contributed by atoms with E-state index in [2.05, 4.69) is 17.3 Å². The van der Waals surface area contributed by atoms with E-state index in [1.54, 1.807) is 476 Å². The molecule has 73 heavy (non-hydrogen) atoms. The molecule has 0 saturated carbocycles. The molecule has 2 unspecified atom stereocenters. The molecule has 1 nitrogen and oxygen atoms in total. The van der Waals surface area contributed by atoms with E-state index in [9.17, 15) is 0 Å². The second kappa shape index (κ2) is 91.5. The summed E-state index contributed by atoms with van der Waals surface area (Å²) < 4.78 is 5.23. The van der Waals surface area contributed by atoms with Crippen molar-refractivity contribution in [2.45, 2.75) is 0 Å². The van der Waals surface area contributed by atoms with Gasteiger partial charge in [0.2, 0.25) is 0 Å². The molecule has 0 fully saturated rings.